The van der Waals surface area contributed by atoms with Crippen LogP contribution in [-0.2, 0) is 16.1 Å². The second kappa shape index (κ2) is 7.71. The van der Waals surface area contributed by atoms with Crippen molar-refractivity contribution < 1.29 is 14.4 Å². The molecule has 27 heavy (non-hydrogen) atoms. The van der Waals surface area contributed by atoms with Crippen molar-refractivity contribution in [2.24, 2.45) is 5.92 Å². The molecule has 0 radical (unpaired) electrons. The summed E-state index contributed by atoms with van der Waals surface area (Å²) in [6.45, 7) is 4.57. The van der Waals surface area contributed by atoms with E-state index in [1.54, 1.807) is 22.8 Å². The summed E-state index contributed by atoms with van der Waals surface area (Å²) < 4.78 is 1.77. The van der Waals surface area contributed by atoms with E-state index < -0.39 is 17.8 Å². The molecule has 0 unspecified atom stereocenters. The molecule has 3 rings (SSSR count). The Morgan fingerprint density at radius 2 is 1.70 bits per heavy atom. The lowest BCUT2D eigenvalue weighted by molar-refractivity contribution is -0.144. The van der Waals surface area contributed by atoms with Gasteiger partial charge in [-0.25, -0.2) is 14.4 Å². The zero-order valence-electron chi connectivity index (χ0n) is 15.7. The molecule has 2 aromatic rings. The van der Waals surface area contributed by atoms with E-state index in [0.717, 1.165) is 21.1 Å². The molecular weight excluding hydrogens is 346 g/mol. The Morgan fingerprint density at radius 1 is 1.04 bits per heavy atom. The molecule has 1 aromatic heterocycles. The number of aromatic nitrogens is 2. The second-order valence-corrected chi connectivity index (χ2v) is 7.11. The van der Waals surface area contributed by atoms with Crippen LogP contribution < -0.4 is 0 Å². The van der Waals surface area contributed by atoms with Crippen molar-refractivity contribution in [3.8, 4) is 5.69 Å². The smallest absolute Gasteiger partial charge is 0.284 e. The molecule has 1 aliphatic heterocycles. The standard InChI is InChI=1S/C19H23N5O3/c1-14(2)10-22-17(25)18(26)23(19(22)27)13-21(3)11-15-9-20-24(12-15)16-7-5-4-6-8-16/h4-9,12,14H,10-11,13H2,1-3H3. The van der Waals surface area contributed by atoms with Crippen LogP contribution in [0.3, 0.4) is 0 Å². The molecule has 8 nitrogen and oxygen atoms in total. The molecule has 0 saturated carbocycles. The van der Waals surface area contributed by atoms with Crippen molar-refractivity contribution in [3.63, 3.8) is 0 Å². The predicted octanol–water partition coefficient (Wildman–Crippen LogP) is 1.71. The minimum absolute atomic E-state index is 0.0501. The summed E-state index contributed by atoms with van der Waals surface area (Å²) >= 11 is 0. The van der Waals surface area contributed by atoms with Gasteiger partial charge in [-0.15, -0.1) is 0 Å². The van der Waals surface area contributed by atoms with E-state index in [4.69, 9.17) is 0 Å². The minimum Gasteiger partial charge on any atom is -0.284 e. The topological polar surface area (TPSA) is 78.8 Å². The van der Waals surface area contributed by atoms with Gasteiger partial charge in [0.2, 0.25) is 0 Å². The highest BCUT2D eigenvalue weighted by Gasteiger charge is 2.44. The van der Waals surface area contributed by atoms with Crippen molar-refractivity contribution in [3.05, 3.63) is 48.3 Å². The average molecular weight is 369 g/mol. The number of urea groups is 1. The molecule has 1 saturated heterocycles. The minimum atomic E-state index is -0.771. The van der Waals surface area contributed by atoms with Crippen LogP contribution in [0.25, 0.3) is 5.69 Å². The molecule has 1 fully saturated rings. The molecule has 1 aliphatic rings. The molecule has 4 amide bonds. The Balaban J connectivity index is 1.63. The van der Waals surface area contributed by atoms with Crippen LogP contribution in [0.4, 0.5) is 4.79 Å². The third kappa shape index (κ3) is 4.06. The Hall–Kier alpha value is -3.00. The van der Waals surface area contributed by atoms with E-state index in [9.17, 15) is 14.4 Å². The molecule has 2 heterocycles. The molecule has 1 aromatic carbocycles. The highest BCUT2D eigenvalue weighted by molar-refractivity contribution is 6.44. The summed E-state index contributed by atoms with van der Waals surface area (Å²) in [5, 5.41) is 4.34. The first kappa shape index (κ1) is 18.8. The highest BCUT2D eigenvalue weighted by atomic mass is 16.2. The van der Waals surface area contributed by atoms with Crippen LogP contribution in [-0.4, -0.2) is 62.6 Å². The van der Waals surface area contributed by atoms with Crippen molar-refractivity contribution >= 4 is 17.8 Å². The van der Waals surface area contributed by atoms with Gasteiger partial charge in [-0.2, -0.15) is 5.10 Å². The number of hydrogen-bond acceptors (Lipinski definition) is 5. The van der Waals surface area contributed by atoms with E-state index in [0.29, 0.717) is 6.54 Å². The second-order valence-electron chi connectivity index (χ2n) is 7.11. The molecule has 0 aliphatic carbocycles. The van der Waals surface area contributed by atoms with Crippen molar-refractivity contribution in [1.82, 2.24) is 24.5 Å². The lowest BCUT2D eigenvalue weighted by Crippen LogP contribution is -2.41. The van der Waals surface area contributed by atoms with Crippen LogP contribution in [0, 0.1) is 5.92 Å². The SMILES string of the molecule is CC(C)CN1C(=O)C(=O)N(CN(C)Cc2cnn(-c3ccccc3)c2)C1=O. The number of benzene rings is 1. The Kier molecular flexibility index (Phi) is 5.36. The van der Waals surface area contributed by atoms with Gasteiger partial charge in [-0.05, 0) is 25.1 Å². The molecule has 0 atom stereocenters. The number of carbonyl (C=O) groups excluding carboxylic acids is 3. The number of para-hydroxylation sites is 1. The average Bonchev–Trinajstić information content (AvgIpc) is 3.17. The van der Waals surface area contributed by atoms with Gasteiger partial charge >= 0.3 is 17.8 Å². The van der Waals surface area contributed by atoms with Gasteiger partial charge in [0.05, 0.1) is 18.6 Å². The van der Waals surface area contributed by atoms with Crippen LogP contribution in [0.15, 0.2) is 42.7 Å². The monoisotopic (exact) mass is 369 g/mol. The maximum atomic E-state index is 12.4. The first-order chi connectivity index (χ1) is 12.9. The number of rotatable bonds is 7. The van der Waals surface area contributed by atoms with Gasteiger partial charge in [0.15, 0.2) is 0 Å². The zero-order valence-corrected chi connectivity index (χ0v) is 15.7. The molecule has 0 bridgehead atoms. The van der Waals surface area contributed by atoms with Gasteiger partial charge in [0.25, 0.3) is 0 Å². The first-order valence-corrected chi connectivity index (χ1v) is 8.81. The number of nitrogens with zero attached hydrogens (tertiary/aromatic N) is 5. The van der Waals surface area contributed by atoms with Crippen molar-refractivity contribution in [2.45, 2.75) is 20.4 Å². The molecule has 142 valence electrons. The van der Waals surface area contributed by atoms with E-state index in [-0.39, 0.29) is 19.1 Å². The molecular formula is C19H23N5O3. The fraction of sp³-hybridized carbons (Fsp3) is 0.368. The summed E-state index contributed by atoms with van der Waals surface area (Å²) in [7, 11) is 1.79. The van der Waals surface area contributed by atoms with Gasteiger partial charge < -0.3 is 0 Å². The number of imide groups is 2. The predicted molar refractivity (Wildman–Crippen MR) is 98.7 cm³/mol. The largest absolute Gasteiger partial charge is 0.335 e. The molecule has 0 spiro atoms. The number of amides is 4. The fourth-order valence-electron chi connectivity index (χ4n) is 2.97. The van der Waals surface area contributed by atoms with E-state index in [1.165, 1.54) is 0 Å². The van der Waals surface area contributed by atoms with Gasteiger partial charge in [-0.3, -0.25) is 19.4 Å². The maximum absolute atomic E-state index is 12.4. The number of hydrogen-bond donors (Lipinski definition) is 0. The Morgan fingerprint density at radius 3 is 2.37 bits per heavy atom. The highest BCUT2D eigenvalue weighted by Crippen LogP contribution is 2.15. The van der Waals surface area contributed by atoms with E-state index >= 15 is 0 Å². The normalized spacial score (nSPS) is 14.9. The third-order valence-corrected chi connectivity index (χ3v) is 4.17. The number of carbonyl (C=O) groups is 3. The lowest BCUT2D eigenvalue weighted by atomic mass is 10.2. The van der Waals surface area contributed by atoms with Crippen LogP contribution in [0.2, 0.25) is 0 Å². The summed E-state index contributed by atoms with van der Waals surface area (Å²) in [6, 6.07) is 9.18. The van der Waals surface area contributed by atoms with E-state index in [2.05, 4.69) is 5.10 Å². The third-order valence-electron chi connectivity index (χ3n) is 4.17. The quantitative estimate of drug-likeness (QED) is 0.548. The van der Waals surface area contributed by atoms with Crippen LogP contribution in [0.1, 0.15) is 19.4 Å². The summed E-state index contributed by atoms with van der Waals surface area (Å²) in [5.74, 6) is -1.42. The summed E-state index contributed by atoms with van der Waals surface area (Å²) in [4.78, 5) is 40.4. The first-order valence-electron chi connectivity index (χ1n) is 8.81. The van der Waals surface area contributed by atoms with E-state index in [1.807, 2.05) is 50.4 Å². The molecule has 8 heteroatoms. The van der Waals surface area contributed by atoms with Gasteiger partial charge in [-0.1, -0.05) is 32.0 Å². The molecule has 0 N–H and O–H groups in total. The van der Waals surface area contributed by atoms with Crippen LogP contribution >= 0.6 is 0 Å². The van der Waals surface area contributed by atoms with Crippen molar-refractivity contribution in [2.75, 3.05) is 20.3 Å². The summed E-state index contributed by atoms with van der Waals surface area (Å²) in [5.41, 5.74) is 1.89. The van der Waals surface area contributed by atoms with Crippen molar-refractivity contribution in [1.29, 1.82) is 0 Å². The summed E-state index contributed by atoms with van der Waals surface area (Å²) in [6.07, 6.45) is 3.64. The van der Waals surface area contributed by atoms with Gasteiger partial charge in [0.1, 0.15) is 0 Å². The Bertz CT molecular complexity index is 846. The Labute approximate surface area is 158 Å². The van der Waals surface area contributed by atoms with Crippen LogP contribution in [0.5, 0.6) is 0 Å². The fourth-order valence-corrected chi connectivity index (χ4v) is 2.97. The van der Waals surface area contributed by atoms with Gasteiger partial charge in [0, 0.05) is 24.8 Å². The lowest BCUT2D eigenvalue weighted by Gasteiger charge is -2.22. The zero-order chi connectivity index (χ0) is 19.6. The maximum Gasteiger partial charge on any atom is 0.335 e.